The maximum absolute atomic E-state index is 12.2. The van der Waals surface area contributed by atoms with Gasteiger partial charge in [-0.3, -0.25) is 15.0 Å². The summed E-state index contributed by atoms with van der Waals surface area (Å²) < 4.78 is 26.4. The molecule has 7 nitrogen and oxygen atoms in total. The highest BCUT2D eigenvalue weighted by Crippen LogP contribution is 2.34. The smallest absolute Gasteiger partial charge is 0.177 e. The molecule has 0 radical (unpaired) electrons. The molecule has 3 aromatic heterocycles. The Morgan fingerprint density at radius 3 is 2.52 bits per heavy atom. The van der Waals surface area contributed by atoms with Crippen LogP contribution in [-0.2, 0) is 16.9 Å². The molecule has 8 heteroatoms. The van der Waals surface area contributed by atoms with E-state index in [1.165, 1.54) is 24.7 Å². The van der Waals surface area contributed by atoms with Crippen LogP contribution in [0.15, 0.2) is 78.3 Å². The third-order valence-electron chi connectivity index (χ3n) is 5.23. The number of rotatable bonds is 4. The number of hydrogen-bond acceptors (Lipinski definition) is 6. The Balaban J connectivity index is 0.00000126. The van der Waals surface area contributed by atoms with Crippen molar-refractivity contribution in [1.29, 1.82) is 0 Å². The quantitative estimate of drug-likeness (QED) is 0.389. The Labute approximate surface area is 193 Å². The van der Waals surface area contributed by atoms with Crippen LogP contribution in [0.5, 0.6) is 0 Å². The van der Waals surface area contributed by atoms with Crippen LogP contribution >= 0.6 is 0 Å². The predicted molar refractivity (Wildman–Crippen MR) is 133 cm³/mol. The van der Waals surface area contributed by atoms with Gasteiger partial charge in [0.2, 0.25) is 0 Å². The summed E-state index contributed by atoms with van der Waals surface area (Å²) in [6, 6.07) is 13.6. The molecular weight excluding hydrogens is 434 g/mol. The molecule has 0 aliphatic heterocycles. The summed E-state index contributed by atoms with van der Waals surface area (Å²) in [6.45, 7) is 4.00. The first kappa shape index (κ1) is 22.4. The molecule has 168 valence electrons. The second-order valence-electron chi connectivity index (χ2n) is 7.42. The molecule has 0 aliphatic rings. The van der Waals surface area contributed by atoms with Gasteiger partial charge >= 0.3 is 0 Å². The highest BCUT2D eigenvalue weighted by molar-refractivity contribution is 7.90. The number of aryl methyl sites for hydroxylation is 1. The van der Waals surface area contributed by atoms with E-state index >= 15 is 0 Å². The lowest BCUT2D eigenvalue weighted by Crippen LogP contribution is -2.03. The Kier molecular flexibility index (Phi) is 6.11. The Hall–Kier alpha value is -3.78. The summed E-state index contributed by atoms with van der Waals surface area (Å²) in [5.41, 5.74) is 5.61. The highest BCUT2D eigenvalue weighted by atomic mass is 32.2. The van der Waals surface area contributed by atoms with Gasteiger partial charge in [0.1, 0.15) is 0 Å². The summed E-state index contributed by atoms with van der Waals surface area (Å²) in [6.07, 6.45) is 9.49. The van der Waals surface area contributed by atoms with Gasteiger partial charge in [-0.1, -0.05) is 26.0 Å². The van der Waals surface area contributed by atoms with Crippen LogP contribution < -0.4 is 5.32 Å². The number of sulfone groups is 1. The Morgan fingerprint density at radius 2 is 1.73 bits per heavy atom. The molecule has 3 heterocycles. The first-order valence-electron chi connectivity index (χ1n) is 10.6. The van der Waals surface area contributed by atoms with E-state index in [9.17, 15) is 8.42 Å². The third kappa shape index (κ3) is 4.42. The van der Waals surface area contributed by atoms with Gasteiger partial charge in [0, 0.05) is 54.9 Å². The number of aromatic nitrogens is 4. The van der Waals surface area contributed by atoms with Crippen molar-refractivity contribution in [3.8, 4) is 11.1 Å². The van der Waals surface area contributed by atoms with Crippen molar-refractivity contribution in [2.45, 2.75) is 18.7 Å². The fraction of sp³-hybridized carbons (Fsp3) is 0.160. The summed E-state index contributed by atoms with van der Waals surface area (Å²) in [5, 5.41) is 4.37. The summed E-state index contributed by atoms with van der Waals surface area (Å²) in [5.74, 6) is 0. The normalized spacial score (nSPS) is 11.3. The SMILES string of the molecule is CC.Cn1ccc2ccc(-c3cc(Nc4cnccc4S(C)(=O)=O)cc4nccnc34)cc21. The van der Waals surface area contributed by atoms with Crippen molar-refractivity contribution in [2.75, 3.05) is 11.6 Å². The lowest BCUT2D eigenvalue weighted by molar-refractivity contribution is 0.602. The van der Waals surface area contributed by atoms with E-state index in [1.807, 2.05) is 39.2 Å². The lowest BCUT2D eigenvalue weighted by atomic mass is 10.0. The van der Waals surface area contributed by atoms with Crippen molar-refractivity contribution < 1.29 is 8.42 Å². The van der Waals surface area contributed by atoms with Crippen LogP contribution in [0, 0.1) is 0 Å². The Morgan fingerprint density at radius 1 is 0.939 bits per heavy atom. The molecule has 0 saturated heterocycles. The van der Waals surface area contributed by atoms with Gasteiger partial charge in [-0.05, 0) is 41.3 Å². The molecule has 2 aromatic carbocycles. The van der Waals surface area contributed by atoms with Crippen molar-refractivity contribution in [2.24, 2.45) is 7.05 Å². The van der Waals surface area contributed by atoms with Gasteiger partial charge in [-0.25, -0.2) is 8.42 Å². The van der Waals surface area contributed by atoms with E-state index in [0.717, 1.165) is 27.5 Å². The van der Waals surface area contributed by atoms with Gasteiger partial charge in [0.05, 0.1) is 27.8 Å². The van der Waals surface area contributed by atoms with E-state index in [4.69, 9.17) is 0 Å². The molecular formula is C25H25N5O2S. The van der Waals surface area contributed by atoms with Crippen LogP contribution in [0.4, 0.5) is 11.4 Å². The monoisotopic (exact) mass is 459 g/mol. The molecule has 5 rings (SSSR count). The van der Waals surface area contributed by atoms with Crippen LogP contribution in [0.25, 0.3) is 33.1 Å². The highest BCUT2D eigenvalue weighted by Gasteiger charge is 2.15. The second-order valence-corrected chi connectivity index (χ2v) is 9.40. The zero-order chi connectivity index (χ0) is 23.6. The average Bonchev–Trinajstić information content (AvgIpc) is 3.19. The summed E-state index contributed by atoms with van der Waals surface area (Å²) in [7, 11) is -1.40. The van der Waals surface area contributed by atoms with Crippen molar-refractivity contribution in [3.05, 3.63) is 73.4 Å². The van der Waals surface area contributed by atoms with Gasteiger partial charge < -0.3 is 9.88 Å². The zero-order valence-electron chi connectivity index (χ0n) is 18.9. The van der Waals surface area contributed by atoms with Gasteiger partial charge in [-0.2, -0.15) is 0 Å². The molecule has 0 bridgehead atoms. The second kappa shape index (κ2) is 8.99. The maximum atomic E-state index is 12.2. The largest absolute Gasteiger partial charge is 0.353 e. The summed E-state index contributed by atoms with van der Waals surface area (Å²) in [4.78, 5) is 13.3. The van der Waals surface area contributed by atoms with E-state index in [-0.39, 0.29) is 4.90 Å². The molecule has 0 fully saturated rings. The van der Waals surface area contributed by atoms with E-state index in [1.54, 1.807) is 12.4 Å². The number of hydrogen-bond donors (Lipinski definition) is 1. The Bertz CT molecular complexity index is 1560. The maximum Gasteiger partial charge on any atom is 0.177 e. The van der Waals surface area contributed by atoms with E-state index in [2.05, 4.69) is 49.1 Å². The minimum absolute atomic E-state index is 0.188. The predicted octanol–water partition coefficient (Wildman–Crippen LogP) is 5.36. The molecule has 0 amide bonds. The fourth-order valence-electron chi connectivity index (χ4n) is 3.75. The van der Waals surface area contributed by atoms with Crippen molar-refractivity contribution >= 4 is 43.1 Å². The number of nitrogens with zero attached hydrogens (tertiary/aromatic N) is 4. The van der Waals surface area contributed by atoms with Gasteiger partial charge in [0.25, 0.3) is 0 Å². The molecule has 0 saturated carbocycles. The van der Waals surface area contributed by atoms with Gasteiger partial charge in [0.15, 0.2) is 9.84 Å². The lowest BCUT2D eigenvalue weighted by Gasteiger charge is -2.13. The first-order chi connectivity index (χ1) is 15.9. The summed E-state index contributed by atoms with van der Waals surface area (Å²) >= 11 is 0. The first-order valence-corrected chi connectivity index (χ1v) is 12.5. The molecule has 0 aliphatic carbocycles. The number of anilines is 2. The standard InChI is InChI=1S/C23H19N5O2S.C2H6/c1-28-10-6-15-3-4-16(11-21(15)28)18-12-17(13-19-23(18)26-9-8-25-19)27-20-14-24-7-5-22(20)31(2,29)30;1-2/h3-14,27H,1-2H3;1-2H3. The van der Waals surface area contributed by atoms with Crippen LogP contribution in [0.2, 0.25) is 0 Å². The average molecular weight is 460 g/mol. The van der Waals surface area contributed by atoms with Crippen LogP contribution in [-0.4, -0.2) is 34.2 Å². The van der Waals surface area contributed by atoms with E-state index in [0.29, 0.717) is 16.9 Å². The molecule has 1 N–H and O–H groups in total. The number of pyridine rings is 1. The van der Waals surface area contributed by atoms with Crippen LogP contribution in [0.1, 0.15) is 13.8 Å². The zero-order valence-corrected chi connectivity index (χ0v) is 19.8. The minimum atomic E-state index is -3.41. The number of fused-ring (bicyclic) bond motifs is 2. The topological polar surface area (TPSA) is 89.8 Å². The van der Waals surface area contributed by atoms with Crippen molar-refractivity contribution in [1.82, 2.24) is 19.5 Å². The number of benzene rings is 2. The fourth-order valence-corrected chi connectivity index (χ4v) is 4.56. The molecule has 0 spiro atoms. The molecule has 5 aromatic rings. The molecule has 33 heavy (non-hydrogen) atoms. The third-order valence-corrected chi connectivity index (χ3v) is 6.39. The number of nitrogens with one attached hydrogen (secondary N) is 1. The van der Waals surface area contributed by atoms with E-state index < -0.39 is 9.84 Å². The van der Waals surface area contributed by atoms with Gasteiger partial charge in [-0.15, -0.1) is 0 Å². The van der Waals surface area contributed by atoms with Crippen LogP contribution in [0.3, 0.4) is 0 Å². The molecule has 0 atom stereocenters. The molecule has 0 unspecified atom stereocenters. The minimum Gasteiger partial charge on any atom is -0.353 e. The van der Waals surface area contributed by atoms with Crippen molar-refractivity contribution in [3.63, 3.8) is 0 Å².